The van der Waals surface area contributed by atoms with Gasteiger partial charge in [-0.25, -0.2) is 0 Å². The summed E-state index contributed by atoms with van der Waals surface area (Å²) in [6, 6.07) is 5.70. The number of amides is 2. The molecular formula is C17H26N3O3+. The SMILES string of the molecule is COc1ccc(C)cc1NC(=O)CC[NH+]1CCC(C(N)=O)CC1. The molecule has 1 aliphatic heterocycles. The summed E-state index contributed by atoms with van der Waals surface area (Å²) in [6.45, 7) is 4.54. The molecule has 2 rings (SSSR count). The zero-order valence-corrected chi connectivity index (χ0v) is 13.9. The largest absolute Gasteiger partial charge is 0.495 e. The van der Waals surface area contributed by atoms with Gasteiger partial charge in [-0.2, -0.15) is 0 Å². The Morgan fingerprint density at radius 3 is 2.65 bits per heavy atom. The minimum Gasteiger partial charge on any atom is -0.495 e. The molecule has 1 fully saturated rings. The number of quaternary nitrogens is 1. The number of benzene rings is 1. The van der Waals surface area contributed by atoms with Crippen molar-refractivity contribution in [3.63, 3.8) is 0 Å². The summed E-state index contributed by atoms with van der Waals surface area (Å²) in [5.41, 5.74) is 7.11. The van der Waals surface area contributed by atoms with Crippen molar-refractivity contribution in [2.75, 3.05) is 32.1 Å². The Morgan fingerprint density at radius 1 is 1.35 bits per heavy atom. The Kier molecular flexibility index (Phi) is 5.98. The molecule has 6 heteroatoms. The van der Waals surface area contributed by atoms with Gasteiger partial charge in [0, 0.05) is 18.8 Å². The van der Waals surface area contributed by atoms with Crippen LogP contribution in [0.5, 0.6) is 5.75 Å². The molecule has 0 bridgehead atoms. The summed E-state index contributed by atoms with van der Waals surface area (Å²) >= 11 is 0. The van der Waals surface area contributed by atoms with Crippen molar-refractivity contribution in [3.8, 4) is 5.75 Å². The van der Waals surface area contributed by atoms with E-state index in [1.807, 2.05) is 25.1 Å². The molecule has 0 spiro atoms. The number of carbonyl (C=O) groups excluding carboxylic acids is 2. The van der Waals surface area contributed by atoms with Crippen molar-refractivity contribution in [1.29, 1.82) is 0 Å². The number of carbonyl (C=O) groups is 2. The lowest BCUT2D eigenvalue weighted by atomic mass is 9.96. The van der Waals surface area contributed by atoms with Crippen LogP contribution in [0, 0.1) is 12.8 Å². The number of aryl methyl sites for hydroxylation is 1. The number of anilines is 1. The third-order valence-electron chi connectivity index (χ3n) is 4.43. The molecule has 0 atom stereocenters. The van der Waals surface area contributed by atoms with E-state index in [4.69, 9.17) is 10.5 Å². The van der Waals surface area contributed by atoms with Crippen molar-refractivity contribution in [2.45, 2.75) is 26.2 Å². The average Bonchev–Trinajstić information content (AvgIpc) is 2.53. The lowest BCUT2D eigenvalue weighted by Crippen LogP contribution is -3.13. The van der Waals surface area contributed by atoms with Gasteiger partial charge in [-0.3, -0.25) is 9.59 Å². The van der Waals surface area contributed by atoms with Crippen molar-refractivity contribution in [3.05, 3.63) is 23.8 Å². The maximum atomic E-state index is 12.2. The second kappa shape index (κ2) is 7.97. The van der Waals surface area contributed by atoms with Crippen LogP contribution in [-0.2, 0) is 9.59 Å². The summed E-state index contributed by atoms with van der Waals surface area (Å²) in [5.74, 6) is 0.453. The summed E-state index contributed by atoms with van der Waals surface area (Å²) in [5, 5.41) is 2.92. The van der Waals surface area contributed by atoms with Crippen LogP contribution < -0.4 is 20.7 Å². The molecule has 4 N–H and O–H groups in total. The number of likely N-dealkylation sites (tertiary alicyclic amines) is 1. The smallest absolute Gasteiger partial charge is 0.230 e. The maximum Gasteiger partial charge on any atom is 0.230 e. The van der Waals surface area contributed by atoms with E-state index in [1.165, 1.54) is 4.90 Å². The summed E-state index contributed by atoms with van der Waals surface area (Å²) in [7, 11) is 1.59. The summed E-state index contributed by atoms with van der Waals surface area (Å²) < 4.78 is 5.27. The number of nitrogens with two attached hydrogens (primary N) is 1. The molecule has 1 saturated heterocycles. The molecule has 23 heavy (non-hydrogen) atoms. The van der Waals surface area contributed by atoms with Crippen molar-refractivity contribution in [1.82, 2.24) is 0 Å². The van der Waals surface area contributed by atoms with E-state index in [2.05, 4.69) is 5.32 Å². The fourth-order valence-electron chi connectivity index (χ4n) is 2.98. The fourth-order valence-corrected chi connectivity index (χ4v) is 2.98. The molecule has 0 saturated carbocycles. The second-order valence-corrected chi connectivity index (χ2v) is 6.18. The topological polar surface area (TPSA) is 85.9 Å². The van der Waals surface area contributed by atoms with E-state index in [1.54, 1.807) is 7.11 Å². The molecule has 0 radical (unpaired) electrons. The first-order valence-electron chi connectivity index (χ1n) is 8.07. The Balaban J connectivity index is 1.80. The third kappa shape index (κ3) is 4.96. The molecule has 2 amide bonds. The van der Waals surface area contributed by atoms with Crippen LogP contribution in [0.2, 0.25) is 0 Å². The van der Waals surface area contributed by atoms with Gasteiger partial charge in [0.15, 0.2) is 0 Å². The Labute approximate surface area is 137 Å². The second-order valence-electron chi connectivity index (χ2n) is 6.18. The number of piperidine rings is 1. The van der Waals surface area contributed by atoms with Gasteiger partial charge in [-0.05, 0) is 24.6 Å². The minimum atomic E-state index is -0.201. The fraction of sp³-hybridized carbons (Fsp3) is 0.529. The molecule has 126 valence electrons. The highest BCUT2D eigenvalue weighted by Crippen LogP contribution is 2.25. The van der Waals surface area contributed by atoms with Gasteiger partial charge in [0.05, 0.1) is 38.9 Å². The highest BCUT2D eigenvalue weighted by atomic mass is 16.5. The van der Waals surface area contributed by atoms with Gasteiger partial charge >= 0.3 is 0 Å². The monoisotopic (exact) mass is 320 g/mol. The molecule has 0 aromatic heterocycles. The number of hydrogen-bond donors (Lipinski definition) is 3. The number of primary amides is 1. The highest BCUT2D eigenvalue weighted by molar-refractivity contribution is 5.92. The van der Waals surface area contributed by atoms with E-state index in [9.17, 15) is 9.59 Å². The van der Waals surface area contributed by atoms with Crippen LogP contribution in [0.4, 0.5) is 5.69 Å². The van der Waals surface area contributed by atoms with Gasteiger partial charge in [0.2, 0.25) is 11.8 Å². The summed E-state index contributed by atoms with van der Waals surface area (Å²) in [4.78, 5) is 24.7. The van der Waals surface area contributed by atoms with Gasteiger partial charge in [0.1, 0.15) is 5.75 Å². The van der Waals surface area contributed by atoms with Gasteiger partial charge < -0.3 is 20.7 Å². The van der Waals surface area contributed by atoms with Crippen LogP contribution >= 0.6 is 0 Å². The predicted octanol–water partition coefficient (Wildman–Crippen LogP) is 0.112. The normalized spacial score (nSPS) is 20.8. The maximum absolute atomic E-state index is 12.2. The molecule has 1 aliphatic rings. The van der Waals surface area contributed by atoms with Crippen LogP contribution in [0.1, 0.15) is 24.8 Å². The minimum absolute atomic E-state index is 0.00383. The lowest BCUT2D eigenvalue weighted by molar-refractivity contribution is -0.905. The lowest BCUT2D eigenvalue weighted by Gasteiger charge is -2.27. The molecule has 1 aromatic carbocycles. The Hall–Kier alpha value is -2.08. The Bertz CT molecular complexity index is 566. The van der Waals surface area contributed by atoms with Crippen LogP contribution in [-0.4, -0.2) is 38.6 Å². The van der Waals surface area contributed by atoms with Gasteiger partial charge in [-0.1, -0.05) is 6.07 Å². The van der Waals surface area contributed by atoms with E-state index < -0.39 is 0 Å². The molecular weight excluding hydrogens is 294 g/mol. The van der Waals surface area contributed by atoms with Crippen molar-refractivity contribution < 1.29 is 19.2 Å². The first kappa shape index (κ1) is 17.3. The first-order valence-corrected chi connectivity index (χ1v) is 8.07. The van der Waals surface area contributed by atoms with E-state index in [0.29, 0.717) is 17.9 Å². The van der Waals surface area contributed by atoms with Gasteiger partial charge in [-0.15, -0.1) is 0 Å². The quantitative estimate of drug-likeness (QED) is 0.695. The molecule has 0 aliphatic carbocycles. The molecule has 1 heterocycles. The number of ether oxygens (including phenoxy) is 1. The van der Waals surface area contributed by atoms with E-state index in [-0.39, 0.29) is 17.7 Å². The zero-order valence-electron chi connectivity index (χ0n) is 13.9. The molecule has 6 nitrogen and oxygen atoms in total. The van der Waals surface area contributed by atoms with Gasteiger partial charge in [0.25, 0.3) is 0 Å². The first-order chi connectivity index (χ1) is 11.0. The number of methoxy groups -OCH3 is 1. The van der Waals surface area contributed by atoms with E-state index >= 15 is 0 Å². The third-order valence-corrected chi connectivity index (χ3v) is 4.43. The number of rotatable bonds is 6. The van der Waals surface area contributed by atoms with Crippen LogP contribution in [0.15, 0.2) is 18.2 Å². The summed E-state index contributed by atoms with van der Waals surface area (Å²) in [6.07, 6.45) is 2.09. The van der Waals surface area contributed by atoms with Crippen LogP contribution in [0.3, 0.4) is 0 Å². The Morgan fingerprint density at radius 2 is 2.04 bits per heavy atom. The van der Waals surface area contributed by atoms with Crippen molar-refractivity contribution in [2.24, 2.45) is 11.7 Å². The molecule has 1 aromatic rings. The predicted molar refractivity (Wildman–Crippen MR) is 88.5 cm³/mol. The highest BCUT2D eigenvalue weighted by Gasteiger charge is 2.25. The van der Waals surface area contributed by atoms with Crippen LogP contribution in [0.25, 0.3) is 0 Å². The molecule has 0 unspecified atom stereocenters. The standard InChI is InChI=1S/C17H25N3O3/c1-12-3-4-15(23-2)14(11-12)19-16(21)7-10-20-8-5-13(6-9-20)17(18)22/h3-4,11,13H,5-10H2,1-2H3,(H2,18,22)(H,19,21)/p+1. The number of nitrogens with one attached hydrogen (secondary N) is 2. The average molecular weight is 320 g/mol. The van der Waals surface area contributed by atoms with E-state index in [0.717, 1.165) is 38.0 Å². The number of hydrogen-bond acceptors (Lipinski definition) is 3. The van der Waals surface area contributed by atoms with Crippen molar-refractivity contribution >= 4 is 17.5 Å². The zero-order chi connectivity index (χ0) is 16.8.